The molecule has 52 heavy (non-hydrogen) atoms. The Bertz CT molecular complexity index is 1960. The van der Waals surface area contributed by atoms with Crippen molar-refractivity contribution < 1.29 is 48.3 Å². The number of halogens is 1. The first kappa shape index (κ1) is 38.3. The third-order valence-electron chi connectivity index (χ3n) is 7.77. The molecule has 0 radical (unpaired) electrons. The number of ether oxygens (including phenoxy) is 1. The molecule has 3 aromatic carbocycles. The molecule has 5 N–H and O–H groups in total. The molecule has 1 saturated heterocycles. The Morgan fingerprint density at radius 3 is 2.29 bits per heavy atom. The summed E-state index contributed by atoms with van der Waals surface area (Å²) in [5, 5.41) is 22.1. The summed E-state index contributed by atoms with van der Waals surface area (Å²) in [6.45, 7) is 1.91. The number of sulfonamides is 1. The molecule has 0 aromatic heterocycles. The fourth-order valence-electron chi connectivity index (χ4n) is 5.08. The largest absolute Gasteiger partial charge is 0.484 e. The molecule has 3 amide bonds. The number of aliphatic hydroxyl groups is 1. The normalized spacial score (nSPS) is 16.8. The Hall–Kier alpha value is -4.95. The molecule has 276 valence electrons. The zero-order chi connectivity index (χ0) is 38.9. The van der Waals surface area contributed by atoms with Gasteiger partial charge < -0.3 is 30.5 Å². The fourth-order valence-corrected chi connectivity index (χ4v) is 6.71. The lowest BCUT2D eigenvalue weighted by molar-refractivity contribution is -0.143. The van der Waals surface area contributed by atoms with Crippen LogP contribution in [0.3, 0.4) is 0 Å². The lowest BCUT2D eigenvalue weighted by Crippen LogP contribution is -2.57. The number of hydrogen-bond donors (Lipinski definition) is 5. The van der Waals surface area contributed by atoms with E-state index in [2.05, 4.69) is 21.9 Å². The average Bonchev–Trinajstić information content (AvgIpc) is 3.10. The van der Waals surface area contributed by atoms with Crippen molar-refractivity contribution >= 4 is 51.2 Å². The van der Waals surface area contributed by atoms with Gasteiger partial charge in [-0.3, -0.25) is 14.4 Å². The number of hydrogen-bond acceptors (Lipinski definition) is 9. The van der Waals surface area contributed by atoms with E-state index >= 15 is 0 Å². The zero-order valence-corrected chi connectivity index (χ0v) is 30.1. The minimum Gasteiger partial charge on any atom is -0.484 e. The number of rotatable bonds is 16. The van der Waals surface area contributed by atoms with Crippen LogP contribution in [0.2, 0.25) is 1.41 Å². The number of carbonyl (C=O) groups is 4. The van der Waals surface area contributed by atoms with Crippen molar-refractivity contribution in [2.75, 3.05) is 36.6 Å². The second-order valence-electron chi connectivity index (χ2n) is 12.1. The third-order valence-corrected chi connectivity index (χ3v) is 9.76. The molecule has 0 aliphatic carbocycles. The Morgan fingerprint density at radius 1 is 1.04 bits per heavy atom. The molecule has 0 bridgehead atoms. The number of benzene rings is 3. The van der Waals surface area contributed by atoms with Gasteiger partial charge in [-0.1, -0.05) is 50.0 Å². The van der Waals surface area contributed by atoms with Crippen molar-refractivity contribution in [3.63, 3.8) is 0 Å². The maximum absolute atomic E-state index is 13.6. The molecule has 1 aliphatic heterocycles. The van der Waals surface area contributed by atoms with Crippen LogP contribution in [0.4, 0.5) is 10.1 Å². The molecule has 1 aliphatic rings. The quantitative estimate of drug-likeness (QED) is 0.107. The highest BCUT2D eigenvalue weighted by molar-refractivity contribution is 8.00. The first-order chi connectivity index (χ1) is 25.0. The van der Waals surface area contributed by atoms with Crippen LogP contribution in [0.5, 0.6) is 5.75 Å². The smallest absolute Gasteiger partial charge is 0.326 e. The molecule has 0 saturated carbocycles. The third kappa shape index (κ3) is 11.3. The summed E-state index contributed by atoms with van der Waals surface area (Å²) in [6, 6.07) is 17.2. The Balaban J connectivity index is 1.44. The minimum atomic E-state index is -3.38. The van der Waals surface area contributed by atoms with E-state index in [9.17, 15) is 42.2 Å². The predicted octanol–water partition coefficient (Wildman–Crippen LogP) is 2.37. The van der Waals surface area contributed by atoms with Crippen molar-refractivity contribution in [2.45, 2.75) is 37.3 Å². The van der Waals surface area contributed by atoms with Crippen molar-refractivity contribution in [1.29, 1.82) is 0 Å². The van der Waals surface area contributed by atoms with Gasteiger partial charge in [0.15, 0.2) is 8.02 Å². The van der Waals surface area contributed by atoms with Crippen LogP contribution >= 0.6 is 11.8 Å². The molecule has 16 heteroatoms. The van der Waals surface area contributed by atoms with Gasteiger partial charge in [-0.05, 0) is 65.6 Å². The number of carbonyl (C=O) groups excluding carboxylic acids is 3. The van der Waals surface area contributed by atoms with Crippen LogP contribution in [0.15, 0.2) is 72.8 Å². The monoisotopic (exact) mass is 755 g/mol. The van der Waals surface area contributed by atoms with Crippen molar-refractivity contribution in [1.82, 2.24) is 15.3 Å². The number of anilines is 1. The number of nitrogens with zero attached hydrogens (tertiary/aromatic N) is 1. The summed E-state index contributed by atoms with van der Waals surface area (Å²) in [5.74, 6) is 2.08. The molecule has 0 spiro atoms. The van der Waals surface area contributed by atoms with Gasteiger partial charge in [0.05, 0.1) is 31.5 Å². The van der Waals surface area contributed by atoms with Gasteiger partial charge in [-0.25, -0.2) is 22.3 Å². The van der Waals surface area contributed by atoms with E-state index in [4.69, 9.17) is 6.15 Å². The standard InChI is InChI=1S/C36H39FN4O9S2/c1-22(2)32(36(46)47)40-30(43)19-38-31(44)20-50-28-16-10-25(11-17-28)33-34(51-21-29(42)24-8-12-26(37)13-9-24)35(45)41(33)27-14-6-23(7-15-27)5-4-18-39-52(3,48)49/h6-17,22,29,32-34,39,42H,18-21H2,1-3H3,(H,38,44)(H,40,43)(H,46,47)/t29-,32-,33+,34+/m0/s1/i/hD. The molecule has 1 heterocycles. The van der Waals surface area contributed by atoms with E-state index in [1.54, 1.807) is 67.3 Å². The lowest BCUT2D eigenvalue weighted by Gasteiger charge is -2.47. The summed E-state index contributed by atoms with van der Waals surface area (Å²) in [6.07, 6.45) is 0.0797. The van der Waals surface area contributed by atoms with Crippen LogP contribution in [-0.2, 0) is 29.2 Å². The number of amides is 3. The van der Waals surface area contributed by atoms with Crippen LogP contribution in [-0.4, -0.2) is 85.3 Å². The second-order valence-corrected chi connectivity index (χ2v) is 15.1. The molecule has 1 fully saturated rings. The first-order valence-electron chi connectivity index (χ1n) is 16.4. The molecular formula is C36H39FN4O9S2. The van der Waals surface area contributed by atoms with Gasteiger partial charge in [0.25, 0.3) is 5.91 Å². The molecule has 13 nitrogen and oxygen atoms in total. The van der Waals surface area contributed by atoms with Crippen LogP contribution in [0.1, 0.15) is 42.7 Å². The summed E-state index contributed by atoms with van der Waals surface area (Å²) >= 11 is 1.25. The van der Waals surface area contributed by atoms with Crippen LogP contribution in [0, 0.1) is 23.6 Å². The Labute approximate surface area is 306 Å². The predicted molar refractivity (Wildman–Crippen MR) is 193 cm³/mol. The summed E-state index contributed by atoms with van der Waals surface area (Å²) < 4.78 is 51.7. The number of β-lactam (4-membered cyclic amide) rings is 1. The molecule has 4 rings (SSSR count). The van der Waals surface area contributed by atoms with Crippen LogP contribution in [0.25, 0.3) is 0 Å². The van der Waals surface area contributed by atoms with Gasteiger partial charge in [0.2, 0.25) is 21.8 Å². The molecule has 3 aromatic rings. The molecular weight excluding hydrogens is 716 g/mol. The number of thioether (sulfide) groups is 1. The van der Waals surface area contributed by atoms with E-state index < -0.39 is 76.1 Å². The van der Waals surface area contributed by atoms with Gasteiger partial charge in [0, 0.05) is 17.0 Å². The van der Waals surface area contributed by atoms with E-state index in [1.807, 2.05) is 0 Å². The molecule has 4 atom stereocenters. The topological polar surface area (TPSA) is 191 Å². The van der Waals surface area contributed by atoms with Gasteiger partial charge in [0.1, 0.15) is 22.9 Å². The number of aliphatic carboxylic acids is 1. The van der Waals surface area contributed by atoms with E-state index in [-0.39, 0.29) is 24.0 Å². The van der Waals surface area contributed by atoms with E-state index in [1.165, 1.54) is 36.0 Å². The highest BCUT2D eigenvalue weighted by atomic mass is 32.2. The van der Waals surface area contributed by atoms with Crippen LogP contribution < -0.4 is 25.0 Å². The molecule has 0 unspecified atom stereocenters. The maximum Gasteiger partial charge on any atom is 0.326 e. The van der Waals surface area contributed by atoms with Gasteiger partial charge in [-0.2, -0.15) is 0 Å². The van der Waals surface area contributed by atoms with Crippen molar-refractivity contribution in [2.24, 2.45) is 5.92 Å². The number of carboxylic acids is 1. The minimum absolute atomic E-state index is 0.0598. The summed E-state index contributed by atoms with van der Waals surface area (Å²) in [7, 11) is -3.38. The number of carboxylic acid groups (broad SMARTS) is 1. The van der Waals surface area contributed by atoms with Gasteiger partial charge >= 0.3 is 5.97 Å². The van der Waals surface area contributed by atoms with Gasteiger partial charge in [-0.15, -0.1) is 11.8 Å². The Morgan fingerprint density at radius 2 is 1.69 bits per heavy atom. The highest BCUT2D eigenvalue weighted by Crippen LogP contribution is 2.46. The number of nitrogens with one attached hydrogen (secondary N) is 3. The summed E-state index contributed by atoms with van der Waals surface area (Å²) in [5.41, 5.74) is 2.39. The van der Waals surface area contributed by atoms with Crippen molar-refractivity contribution in [3.05, 3.63) is 95.3 Å². The fraction of sp³-hybridized carbons (Fsp3) is 0.333. The van der Waals surface area contributed by atoms with Crippen molar-refractivity contribution in [3.8, 4) is 17.6 Å². The zero-order valence-electron chi connectivity index (χ0n) is 29.5. The highest BCUT2D eigenvalue weighted by Gasteiger charge is 2.49. The second kappa shape index (κ2) is 18.0. The first-order valence-corrected chi connectivity index (χ1v) is 18.9. The van der Waals surface area contributed by atoms with E-state index in [0.29, 0.717) is 27.7 Å². The number of aliphatic hydroxyl groups excluding tert-OH is 1. The maximum atomic E-state index is 13.6. The SMILES string of the molecule is [2H]N(CC(=O)N[C@H](C(=O)O)C(C)C)C(=O)COc1ccc([C@@H]2[C@@H](SC[C@H](O)c3ccc(F)cc3)C(=O)N2c2ccc(C#CCNS(C)(=O)=O)cc2)cc1. The summed E-state index contributed by atoms with van der Waals surface area (Å²) in [4.78, 5) is 51.2. The lowest BCUT2D eigenvalue weighted by atomic mass is 9.92. The average molecular weight is 756 g/mol. The van der Waals surface area contributed by atoms with E-state index in [0.717, 1.165) is 6.26 Å². The Kier molecular flexibility index (Phi) is 13.3.